The predicted octanol–water partition coefficient (Wildman–Crippen LogP) is 2.99. The standard InChI is InChI=1S/C9H7N5O/c1-6-4-2-3-5-7(6)8-11-12-9(15-8)13-14-10/h2-5H,1H3. The van der Waals surface area contributed by atoms with Crippen molar-refractivity contribution in [2.24, 2.45) is 5.11 Å². The number of azide groups is 1. The minimum absolute atomic E-state index is 0.0734. The molecular weight excluding hydrogens is 194 g/mol. The van der Waals surface area contributed by atoms with Crippen molar-refractivity contribution in [2.75, 3.05) is 0 Å². The Bertz CT molecular complexity index is 527. The molecule has 15 heavy (non-hydrogen) atoms. The maximum Gasteiger partial charge on any atom is 0.304 e. The van der Waals surface area contributed by atoms with Crippen LogP contribution in [0.5, 0.6) is 0 Å². The van der Waals surface area contributed by atoms with Crippen LogP contribution in [0.3, 0.4) is 0 Å². The number of nitrogens with zero attached hydrogens (tertiary/aromatic N) is 5. The molecule has 74 valence electrons. The maximum atomic E-state index is 8.18. The Morgan fingerprint density at radius 2 is 2.13 bits per heavy atom. The molecule has 1 aromatic heterocycles. The maximum absolute atomic E-state index is 8.18. The molecule has 0 aliphatic rings. The summed E-state index contributed by atoms with van der Waals surface area (Å²) in [7, 11) is 0. The fraction of sp³-hybridized carbons (Fsp3) is 0.111. The summed E-state index contributed by atoms with van der Waals surface area (Å²) in [5, 5.41) is 10.6. The molecule has 0 radical (unpaired) electrons. The number of aromatic nitrogens is 2. The SMILES string of the molecule is Cc1ccccc1-c1nnc(N=[N+]=[N-])o1. The third-order valence-electron chi connectivity index (χ3n) is 1.92. The third kappa shape index (κ3) is 1.79. The number of benzene rings is 1. The third-order valence-corrected chi connectivity index (χ3v) is 1.92. The Morgan fingerprint density at radius 3 is 2.87 bits per heavy atom. The largest absolute Gasteiger partial charge is 0.415 e. The first-order chi connectivity index (χ1) is 7.31. The fourth-order valence-corrected chi connectivity index (χ4v) is 1.22. The van der Waals surface area contributed by atoms with Gasteiger partial charge in [-0.05, 0) is 24.1 Å². The van der Waals surface area contributed by atoms with Crippen LogP contribution in [0.25, 0.3) is 21.9 Å². The molecule has 0 unspecified atom stereocenters. The molecule has 1 aromatic carbocycles. The van der Waals surface area contributed by atoms with Crippen molar-refractivity contribution in [1.82, 2.24) is 10.2 Å². The second-order valence-corrected chi connectivity index (χ2v) is 2.89. The lowest BCUT2D eigenvalue weighted by Gasteiger charge is -1.97. The zero-order valence-electron chi connectivity index (χ0n) is 7.95. The Morgan fingerprint density at radius 1 is 1.33 bits per heavy atom. The van der Waals surface area contributed by atoms with E-state index in [0.717, 1.165) is 11.1 Å². The quantitative estimate of drug-likeness (QED) is 0.425. The lowest BCUT2D eigenvalue weighted by atomic mass is 10.1. The molecule has 2 aromatic rings. The second kappa shape index (κ2) is 3.81. The highest BCUT2D eigenvalue weighted by molar-refractivity contribution is 5.57. The molecule has 2 rings (SSSR count). The van der Waals surface area contributed by atoms with Crippen LogP contribution in [-0.2, 0) is 0 Å². The van der Waals surface area contributed by atoms with Crippen LogP contribution >= 0.6 is 0 Å². The lowest BCUT2D eigenvalue weighted by molar-refractivity contribution is 0.578. The lowest BCUT2D eigenvalue weighted by Crippen LogP contribution is -1.81. The highest BCUT2D eigenvalue weighted by atomic mass is 16.4. The summed E-state index contributed by atoms with van der Waals surface area (Å²) in [6.45, 7) is 1.94. The van der Waals surface area contributed by atoms with Crippen LogP contribution in [0.1, 0.15) is 5.56 Å². The Hall–Kier alpha value is -2.33. The van der Waals surface area contributed by atoms with Gasteiger partial charge in [0.15, 0.2) is 0 Å². The van der Waals surface area contributed by atoms with Crippen LogP contribution in [0, 0.1) is 6.92 Å². The van der Waals surface area contributed by atoms with Crippen LogP contribution in [0.2, 0.25) is 0 Å². The van der Waals surface area contributed by atoms with Gasteiger partial charge in [0.2, 0.25) is 5.89 Å². The average molecular weight is 201 g/mol. The van der Waals surface area contributed by atoms with E-state index in [0.29, 0.717) is 5.89 Å². The number of hydrogen-bond donors (Lipinski definition) is 0. The van der Waals surface area contributed by atoms with Gasteiger partial charge in [0, 0.05) is 15.6 Å². The molecule has 0 saturated carbocycles. The predicted molar refractivity (Wildman–Crippen MR) is 53.3 cm³/mol. The summed E-state index contributed by atoms with van der Waals surface area (Å²) in [6.07, 6.45) is 0. The van der Waals surface area contributed by atoms with E-state index in [2.05, 4.69) is 20.2 Å². The van der Waals surface area contributed by atoms with Gasteiger partial charge in [-0.2, -0.15) is 0 Å². The average Bonchev–Trinajstić information content (AvgIpc) is 2.68. The van der Waals surface area contributed by atoms with E-state index in [-0.39, 0.29) is 6.01 Å². The first-order valence-electron chi connectivity index (χ1n) is 4.26. The van der Waals surface area contributed by atoms with Gasteiger partial charge in [0.25, 0.3) is 0 Å². The normalized spacial score (nSPS) is 9.67. The van der Waals surface area contributed by atoms with Gasteiger partial charge in [0.05, 0.1) is 0 Å². The van der Waals surface area contributed by atoms with Crippen molar-refractivity contribution < 1.29 is 4.42 Å². The molecule has 0 saturated heterocycles. The molecule has 0 aliphatic heterocycles. The molecule has 0 N–H and O–H groups in total. The van der Waals surface area contributed by atoms with E-state index < -0.39 is 0 Å². The molecule has 0 atom stereocenters. The van der Waals surface area contributed by atoms with E-state index in [9.17, 15) is 0 Å². The molecule has 0 spiro atoms. The minimum Gasteiger partial charge on any atom is -0.415 e. The van der Waals surface area contributed by atoms with Crippen molar-refractivity contribution in [3.05, 3.63) is 40.3 Å². The summed E-state index contributed by atoms with van der Waals surface area (Å²) >= 11 is 0. The summed E-state index contributed by atoms with van der Waals surface area (Å²) in [5.41, 5.74) is 10.0. The van der Waals surface area contributed by atoms with E-state index in [1.807, 2.05) is 31.2 Å². The summed E-state index contributed by atoms with van der Waals surface area (Å²) in [6, 6.07) is 7.52. The van der Waals surface area contributed by atoms with E-state index in [1.165, 1.54) is 0 Å². The zero-order chi connectivity index (χ0) is 10.7. The Kier molecular flexibility index (Phi) is 2.35. The molecule has 1 heterocycles. The van der Waals surface area contributed by atoms with Crippen molar-refractivity contribution >= 4 is 6.01 Å². The highest BCUT2D eigenvalue weighted by Gasteiger charge is 2.08. The van der Waals surface area contributed by atoms with Crippen LogP contribution in [0.15, 0.2) is 33.8 Å². The summed E-state index contributed by atoms with van der Waals surface area (Å²) in [4.78, 5) is 2.56. The number of hydrogen-bond acceptors (Lipinski definition) is 4. The first kappa shape index (κ1) is 9.23. The molecule has 0 bridgehead atoms. The molecule has 0 amide bonds. The Labute approximate surface area is 85.2 Å². The van der Waals surface area contributed by atoms with E-state index in [1.54, 1.807) is 0 Å². The topological polar surface area (TPSA) is 87.7 Å². The second-order valence-electron chi connectivity index (χ2n) is 2.89. The summed E-state index contributed by atoms with van der Waals surface area (Å²) in [5.74, 6) is 0.357. The number of rotatable bonds is 2. The van der Waals surface area contributed by atoms with Crippen molar-refractivity contribution in [3.63, 3.8) is 0 Å². The smallest absolute Gasteiger partial charge is 0.304 e. The van der Waals surface area contributed by atoms with E-state index in [4.69, 9.17) is 9.95 Å². The van der Waals surface area contributed by atoms with Gasteiger partial charge in [0.1, 0.15) is 0 Å². The molecule has 0 aliphatic carbocycles. The monoisotopic (exact) mass is 201 g/mol. The molecular formula is C9H7N5O. The Balaban J connectivity index is 2.46. The van der Waals surface area contributed by atoms with Crippen LogP contribution in [0.4, 0.5) is 6.01 Å². The van der Waals surface area contributed by atoms with Crippen molar-refractivity contribution in [1.29, 1.82) is 0 Å². The van der Waals surface area contributed by atoms with E-state index >= 15 is 0 Å². The highest BCUT2D eigenvalue weighted by Crippen LogP contribution is 2.23. The molecule has 6 nitrogen and oxygen atoms in total. The minimum atomic E-state index is -0.0734. The van der Waals surface area contributed by atoms with Gasteiger partial charge >= 0.3 is 6.01 Å². The van der Waals surface area contributed by atoms with Gasteiger partial charge in [-0.1, -0.05) is 18.2 Å². The zero-order valence-corrected chi connectivity index (χ0v) is 7.95. The van der Waals surface area contributed by atoms with Crippen molar-refractivity contribution in [3.8, 4) is 11.5 Å². The first-order valence-corrected chi connectivity index (χ1v) is 4.26. The molecule has 0 fully saturated rings. The van der Waals surface area contributed by atoms with Crippen molar-refractivity contribution in [2.45, 2.75) is 6.92 Å². The van der Waals surface area contributed by atoms with Crippen LogP contribution < -0.4 is 0 Å². The fourth-order valence-electron chi connectivity index (χ4n) is 1.22. The number of aryl methyl sites for hydroxylation is 1. The van der Waals surface area contributed by atoms with Gasteiger partial charge < -0.3 is 4.42 Å². The summed E-state index contributed by atoms with van der Waals surface area (Å²) < 4.78 is 5.15. The van der Waals surface area contributed by atoms with Gasteiger partial charge in [-0.3, -0.25) is 0 Å². The van der Waals surface area contributed by atoms with Gasteiger partial charge in [-0.15, -0.1) is 10.2 Å². The molecule has 6 heteroatoms. The van der Waals surface area contributed by atoms with Gasteiger partial charge in [-0.25, -0.2) is 0 Å². The van der Waals surface area contributed by atoms with Crippen LogP contribution in [-0.4, -0.2) is 10.2 Å².